The van der Waals surface area contributed by atoms with Crippen LogP contribution in [0.25, 0.3) is 0 Å². The summed E-state index contributed by atoms with van der Waals surface area (Å²) in [7, 11) is 0. The summed E-state index contributed by atoms with van der Waals surface area (Å²) in [5, 5.41) is 11.9. The van der Waals surface area contributed by atoms with E-state index in [1.54, 1.807) is 29.2 Å². The van der Waals surface area contributed by atoms with Gasteiger partial charge in [-0.15, -0.1) is 0 Å². The van der Waals surface area contributed by atoms with E-state index in [0.717, 1.165) is 11.5 Å². The number of nitrogens with zero attached hydrogens (tertiary/aromatic N) is 4. The molecule has 1 saturated heterocycles. The number of benzene rings is 1. The van der Waals surface area contributed by atoms with Crippen molar-refractivity contribution in [2.24, 2.45) is 5.41 Å². The number of anilines is 1. The Kier molecular flexibility index (Phi) is 6.59. The molecule has 31 heavy (non-hydrogen) atoms. The zero-order valence-electron chi connectivity index (χ0n) is 18.6. The van der Waals surface area contributed by atoms with Gasteiger partial charge in [0.25, 0.3) is 0 Å². The molecular formula is C24H29N5O2. The first-order valence-electron chi connectivity index (χ1n) is 10.5. The van der Waals surface area contributed by atoms with Crippen LogP contribution >= 0.6 is 0 Å². The maximum absolute atomic E-state index is 13.1. The fraction of sp³-hybridized carbons (Fsp3) is 0.417. The first kappa shape index (κ1) is 22.3. The number of urea groups is 1. The Bertz CT molecular complexity index is 980. The van der Waals surface area contributed by atoms with Crippen LogP contribution < -0.4 is 10.2 Å². The highest BCUT2D eigenvalue weighted by Crippen LogP contribution is 2.24. The van der Waals surface area contributed by atoms with Gasteiger partial charge >= 0.3 is 6.03 Å². The van der Waals surface area contributed by atoms with Crippen LogP contribution in [0, 0.1) is 23.7 Å². The lowest BCUT2D eigenvalue weighted by Gasteiger charge is -2.37. The van der Waals surface area contributed by atoms with Gasteiger partial charge in [-0.3, -0.25) is 4.79 Å². The minimum Gasteiger partial charge on any atom is -0.353 e. The molecule has 1 N–H and O–H groups in total. The second-order valence-electron chi connectivity index (χ2n) is 8.91. The zero-order valence-corrected chi connectivity index (χ0v) is 18.6. The van der Waals surface area contributed by atoms with Gasteiger partial charge in [0, 0.05) is 37.4 Å². The molecule has 2 amide bonds. The minimum absolute atomic E-state index is 0.159. The first-order chi connectivity index (χ1) is 14.7. The average molecular weight is 420 g/mol. The molecule has 1 fully saturated rings. The molecule has 0 aliphatic carbocycles. The van der Waals surface area contributed by atoms with Crippen LogP contribution in [0.4, 0.5) is 10.6 Å². The van der Waals surface area contributed by atoms with Crippen LogP contribution in [0.3, 0.4) is 0 Å². The van der Waals surface area contributed by atoms with Crippen LogP contribution in [0.5, 0.6) is 0 Å². The molecule has 0 bridgehead atoms. The van der Waals surface area contributed by atoms with Crippen molar-refractivity contribution in [2.45, 2.75) is 33.7 Å². The molecule has 1 aromatic heterocycles. The molecule has 1 atom stereocenters. The molecular weight excluding hydrogens is 390 g/mol. The maximum atomic E-state index is 13.1. The Morgan fingerprint density at radius 2 is 1.71 bits per heavy atom. The summed E-state index contributed by atoms with van der Waals surface area (Å²) < 4.78 is 0. The summed E-state index contributed by atoms with van der Waals surface area (Å²) in [4.78, 5) is 34.6. The number of rotatable bonds is 4. The summed E-state index contributed by atoms with van der Waals surface area (Å²) in [5.74, 6) is 0.761. The van der Waals surface area contributed by atoms with Crippen molar-refractivity contribution in [1.29, 1.82) is 5.26 Å². The molecule has 3 rings (SSSR count). The van der Waals surface area contributed by atoms with Gasteiger partial charge in [0.1, 0.15) is 5.82 Å². The van der Waals surface area contributed by atoms with Gasteiger partial charge in [-0.2, -0.15) is 5.26 Å². The van der Waals surface area contributed by atoms with Gasteiger partial charge in [0.2, 0.25) is 0 Å². The summed E-state index contributed by atoms with van der Waals surface area (Å²) in [6, 6.07) is 13.6. The molecule has 0 saturated carbocycles. The molecule has 2 heterocycles. The van der Waals surface area contributed by atoms with E-state index in [0.29, 0.717) is 37.3 Å². The SMILES string of the molecule is Cc1cccc(N2CCN(C(=O)N[C@@H](C(=O)c3ccc(C#N)cc3)C(C)(C)C)CC2)n1. The molecule has 1 aliphatic heterocycles. The van der Waals surface area contributed by atoms with Crippen molar-refractivity contribution in [3.8, 4) is 6.07 Å². The number of aromatic nitrogens is 1. The third-order valence-corrected chi connectivity index (χ3v) is 5.46. The Morgan fingerprint density at radius 3 is 2.26 bits per heavy atom. The highest BCUT2D eigenvalue weighted by Gasteiger charge is 2.35. The van der Waals surface area contributed by atoms with Crippen molar-refractivity contribution in [2.75, 3.05) is 31.1 Å². The Labute approximate surface area is 183 Å². The van der Waals surface area contributed by atoms with E-state index in [1.807, 2.05) is 45.9 Å². The second kappa shape index (κ2) is 9.17. The van der Waals surface area contributed by atoms with Gasteiger partial charge in [0.05, 0.1) is 17.7 Å². The van der Waals surface area contributed by atoms with Gasteiger partial charge < -0.3 is 15.1 Å². The number of carbonyl (C=O) groups excluding carboxylic acids is 2. The number of nitriles is 1. The van der Waals surface area contributed by atoms with E-state index < -0.39 is 11.5 Å². The summed E-state index contributed by atoms with van der Waals surface area (Å²) >= 11 is 0. The Morgan fingerprint density at radius 1 is 1.06 bits per heavy atom. The summed E-state index contributed by atoms with van der Waals surface area (Å²) in [5.41, 5.74) is 1.48. The number of piperazine rings is 1. The molecule has 1 aromatic carbocycles. The summed E-state index contributed by atoms with van der Waals surface area (Å²) in [6.07, 6.45) is 0. The lowest BCUT2D eigenvalue weighted by atomic mass is 9.82. The lowest BCUT2D eigenvalue weighted by Crippen LogP contribution is -2.57. The molecule has 0 radical (unpaired) electrons. The Hall–Kier alpha value is -3.40. The van der Waals surface area contributed by atoms with Crippen molar-refractivity contribution in [3.05, 3.63) is 59.3 Å². The molecule has 7 nitrogen and oxygen atoms in total. The maximum Gasteiger partial charge on any atom is 0.318 e. The Balaban J connectivity index is 1.66. The first-order valence-corrected chi connectivity index (χ1v) is 10.5. The van der Waals surface area contributed by atoms with Crippen LogP contribution in [-0.2, 0) is 0 Å². The van der Waals surface area contributed by atoms with E-state index in [4.69, 9.17) is 5.26 Å². The van der Waals surface area contributed by atoms with E-state index in [2.05, 4.69) is 21.3 Å². The number of ketones is 1. The van der Waals surface area contributed by atoms with Gasteiger partial charge in [-0.25, -0.2) is 9.78 Å². The summed E-state index contributed by atoms with van der Waals surface area (Å²) in [6.45, 7) is 10.3. The highest BCUT2D eigenvalue weighted by molar-refractivity contribution is 6.02. The molecule has 0 unspecified atom stereocenters. The topological polar surface area (TPSA) is 89.3 Å². The third kappa shape index (κ3) is 5.40. The quantitative estimate of drug-likeness (QED) is 0.768. The number of Topliss-reactive ketones (excluding diaryl/α,β-unsaturated/α-hetero) is 1. The fourth-order valence-electron chi connectivity index (χ4n) is 3.61. The number of carbonyl (C=O) groups is 2. The van der Waals surface area contributed by atoms with E-state index in [9.17, 15) is 9.59 Å². The van der Waals surface area contributed by atoms with Gasteiger partial charge in [-0.05, 0) is 36.6 Å². The third-order valence-electron chi connectivity index (χ3n) is 5.46. The smallest absolute Gasteiger partial charge is 0.318 e. The highest BCUT2D eigenvalue weighted by atomic mass is 16.2. The molecule has 162 valence electrons. The largest absolute Gasteiger partial charge is 0.353 e. The van der Waals surface area contributed by atoms with E-state index in [-0.39, 0.29) is 11.8 Å². The fourth-order valence-corrected chi connectivity index (χ4v) is 3.61. The number of hydrogen-bond donors (Lipinski definition) is 1. The van der Waals surface area contributed by atoms with Crippen LogP contribution in [0.2, 0.25) is 0 Å². The van der Waals surface area contributed by atoms with E-state index >= 15 is 0 Å². The monoisotopic (exact) mass is 419 g/mol. The van der Waals surface area contributed by atoms with Crippen LogP contribution in [0.15, 0.2) is 42.5 Å². The van der Waals surface area contributed by atoms with Gasteiger partial charge in [-0.1, -0.05) is 39.0 Å². The normalized spacial score (nSPS) is 15.2. The lowest BCUT2D eigenvalue weighted by molar-refractivity contribution is 0.0862. The number of pyridine rings is 1. The number of aryl methyl sites for hydroxylation is 1. The molecule has 2 aromatic rings. The van der Waals surface area contributed by atoms with Crippen molar-refractivity contribution in [1.82, 2.24) is 15.2 Å². The van der Waals surface area contributed by atoms with Crippen molar-refractivity contribution in [3.63, 3.8) is 0 Å². The van der Waals surface area contributed by atoms with Crippen molar-refractivity contribution >= 4 is 17.6 Å². The predicted octanol–water partition coefficient (Wildman–Crippen LogP) is 3.39. The molecule has 1 aliphatic rings. The van der Waals surface area contributed by atoms with Crippen molar-refractivity contribution < 1.29 is 9.59 Å². The standard InChI is InChI=1S/C24H29N5O2/c1-17-6-5-7-20(26-17)28-12-14-29(15-13-28)23(31)27-22(24(2,3)4)21(30)19-10-8-18(16-25)9-11-19/h5-11,22H,12-15H2,1-4H3,(H,27,31)/t22-/m0/s1. The molecule has 7 heteroatoms. The van der Waals surface area contributed by atoms with Crippen LogP contribution in [0.1, 0.15) is 42.4 Å². The minimum atomic E-state index is -0.676. The average Bonchev–Trinajstić information content (AvgIpc) is 2.76. The molecule has 0 spiro atoms. The van der Waals surface area contributed by atoms with E-state index in [1.165, 1.54) is 0 Å². The van der Waals surface area contributed by atoms with Crippen LogP contribution in [-0.4, -0.2) is 53.9 Å². The number of nitrogens with one attached hydrogen (secondary N) is 1. The predicted molar refractivity (Wildman–Crippen MR) is 120 cm³/mol. The van der Waals surface area contributed by atoms with Gasteiger partial charge in [0.15, 0.2) is 5.78 Å². The second-order valence-corrected chi connectivity index (χ2v) is 8.91. The zero-order chi connectivity index (χ0) is 22.6. The number of hydrogen-bond acceptors (Lipinski definition) is 5. The number of amides is 2.